The van der Waals surface area contributed by atoms with Gasteiger partial charge in [0.25, 0.3) is 0 Å². The van der Waals surface area contributed by atoms with Gasteiger partial charge in [-0.05, 0) is 24.7 Å². The van der Waals surface area contributed by atoms with Crippen molar-refractivity contribution in [3.63, 3.8) is 0 Å². The van der Waals surface area contributed by atoms with Crippen molar-refractivity contribution in [3.05, 3.63) is 0 Å². The normalized spacial score (nSPS) is 24.6. The standard InChI is InChI=1S/C21H30F3N5O5/c1-20(2,3)15(28-19(33)34-4)18(32)29-10-12(21(22,23)24)8-14(29)17(31)27-13(9-25)7-11-5-6-26-16(11)30/h11-15H,5-8,10H2,1-4H3,(H,26,30)(H,27,31)(H,28,33)/t11-,12+,13?,14-,15?/m0/s1. The molecule has 0 saturated carbocycles. The van der Waals surface area contributed by atoms with E-state index in [1.807, 2.05) is 6.07 Å². The molecule has 0 radical (unpaired) electrons. The molecule has 2 aliphatic rings. The molecular weight excluding hydrogens is 459 g/mol. The first-order chi connectivity index (χ1) is 15.7. The number of likely N-dealkylation sites (tertiary alicyclic amines) is 1. The maximum absolute atomic E-state index is 13.5. The lowest BCUT2D eigenvalue weighted by Gasteiger charge is -2.35. The Balaban J connectivity index is 2.26. The first-order valence-corrected chi connectivity index (χ1v) is 10.9. The molecular formula is C21H30F3N5O5. The number of halogens is 3. The van der Waals surface area contributed by atoms with Crippen LogP contribution >= 0.6 is 0 Å². The van der Waals surface area contributed by atoms with Crippen LogP contribution in [0, 0.1) is 28.6 Å². The number of nitriles is 1. The number of amides is 4. The van der Waals surface area contributed by atoms with Gasteiger partial charge < -0.3 is 25.6 Å². The maximum atomic E-state index is 13.5. The summed E-state index contributed by atoms with van der Waals surface area (Å²) in [5.41, 5.74) is -0.909. The lowest BCUT2D eigenvalue weighted by atomic mass is 9.85. The average Bonchev–Trinajstić information content (AvgIpc) is 3.36. The van der Waals surface area contributed by atoms with Gasteiger partial charge in [-0.15, -0.1) is 0 Å². The number of nitrogens with zero attached hydrogens (tertiary/aromatic N) is 2. The molecule has 2 unspecified atom stereocenters. The molecule has 190 valence electrons. The van der Waals surface area contributed by atoms with E-state index >= 15 is 0 Å². The van der Waals surface area contributed by atoms with Gasteiger partial charge in [-0.1, -0.05) is 20.8 Å². The van der Waals surface area contributed by atoms with Gasteiger partial charge in [-0.2, -0.15) is 18.4 Å². The predicted molar refractivity (Wildman–Crippen MR) is 112 cm³/mol. The second-order valence-corrected chi connectivity index (χ2v) is 9.62. The van der Waals surface area contributed by atoms with Gasteiger partial charge in [0, 0.05) is 19.0 Å². The van der Waals surface area contributed by atoms with Crippen molar-refractivity contribution in [2.24, 2.45) is 17.3 Å². The molecule has 4 amide bonds. The Morgan fingerprint density at radius 3 is 2.38 bits per heavy atom. The van der Waals surface area contributed by atoms with Crippen LogP contribution in [0.15, 0.2) is 0 Å². The summed E-state index contributed by atoms with van der Waals surface area (Å²) in [6.45, 7) is 4.50. The van der Waals surface area contributed by atoms with E-state index in [4.69, 9.17) is 0 Å². The Kier molecular flexibility index (Phi) is 8.39. The van der Waals surface area contributed by atoms with Crippen LogP contribution in [0.4, 0.5) is 18.0 Å². The van der Waals surface area contributed by atoms with E-state index in [2.05, 4.69) is 20.7 Å². The quantitative estimate of drug-likeness (QED) is 0.510. The van der Waals surface area contributed by atoms with Crippen molar-refractivity contribution in [3.8, 4) is 6.07 Å². The highest BCUT2D eigenvalue weighted by atomic mass is 19.4. The highest BCUT2D eigenvalue weighted by Gasteiger charge is 2.53. The van der Waals surface area contributed by atoms with Gasteiger partial charge in [0.15, 0.2) is 0 Å². The molecule has 3 N–H and O–H groups in total. The molecule has 0 aromatic carbocycles. The number of hydrogen-bond donors (Lipinski definition) is 3. The number of nitrogens with one attached hydrogen (secondary N) is 3. The molecule has 5 atom stereocenters. The monoisotopic (exact) mass is 489 g/mol. The largest absolute Gasteiger partial charge is 0.453 e. The van der Waals surface area contributed by atoms with Crippen LogP contribution in [0.3, 0.4) is 0 Å². The third kappa shape index (κ3) is 6.51. The first-order valence-electron chi connectivity index (χ1n) is 10.9. The minimum absolute atomic E-state index is 0.00590. The van der Waals surface area contributed by atoms with Crippen molar-refractivity contribution >= 4 is 23.8 Å². The van der Waals surface area contributed by atoms with Crippen molar-refractivity contribution in [1.29, 1.82) is 5.26 Å². The summed E-state index contributed by atoms with van der Waals surface area (Å²) in [6.07, 6.45) is -5.80. The molecule has 0 aromatic rings. The van der Waals surface area contributed by atoms with Crippen molar-refractivity contribution in [2.75, 3.05) is 20.2 Å². The number of alkyl halides is 3. The van der Waals surface area contributed by atoms with E-state index in [1.165, 1.54) is 0 Å². The number of ether oxygens (including phenoxy) is 1. The van der Waals surface area contributed by atoms with Crippen LogP contribution in [0.2, 0.25) is 0 Å². The highest BCUT2D eigenvalue weighted by Crippen LogP contribution is 2.38. The fourth-order valence-corrected chi connectivity index (χ4v) is 4.12. The second-order valence-electron chi connectivity index (χ2n) is 9.62. The predicted octanol–water partition coefficient (Wildman–Crippen LogP) is 1.07. The fourth-order valence-electron chi connectivity index (χ4n) is 4.12. The topological polar surface area (TPSA) is 141 Å². The average molecular weight is 489 g/mol. The molecule has 10 nitrogen and oxygen atoms in total. The van der Waals surface area contributed by atoms with Gasteiger partial charge in [0.1, 0.15) is 18.1 Å². The summed E-state index contributed by atoms with van der Waals surface area (Å²) in [4.78, 5) is 50.6. The van der Waals surface area contributed by atoms with E-state index in [0.29, 0.717) is 13.0 Å². The Morgan fingerprint density at radius 2 is 1.91 bits per heavy atom. The molecule has 2 aliphatic heterocycles. The zero-order chi connectivity index (χ0) is 25.8. The Hall–Kier alpha value is -3.04. The third-order valence-corrected chi connectivity index (χ3v) is 6.07. The summed E-state index contributed by atoms with van der Waals surface area (Å²) in [5.74, 6) is -4.49. The van der Waals surface area contributed by atoms with Gasteiger partial charge >= 0.3 is 12.3 Å². The molecule has 0 spiro atoms. The van der Waals surface area contributed by atoms with Crippen LogP contribution in [-0.4, -0.2) is 73.2 Å². The fraction of sp³-hybridized carbons (Fsp3) is 0.762. The Bertz CT molecular complexity index is 851. The zero-order valence-electron chi connectivity index (χ0n) is 19.5. The molecule has 0 aliphatic carbocycles. The molecule has 0 bridgehead atoms. The lowest BCUT2D eigenvalue weighted by molar-refractivity contribution is -0.171. The lowest BCUT2D eigenvalue weighted by Crippen LogP contribution is -2.58. The highest BCUT2D eigenvalue weighted by molar-refractivity contribution is 5.92. The van der Waals surface area contributed by atoms with E-state index in [1.54, 1.807) is 20.8 Å². The number of rotatable bonds is 6. The Morgan fingerprint density at radius 1 is 1.26 bits per heavy atom. The van der Waals surface area contributed by atoms with Crippen molar-refractivity contribution < 1.29 is 37.1 Å². The Labute approximate surface area is 195 Å². The third-order valence-electron chi connectivity index (χ3n) is 6.07. The van der Waals surface area contributed by atoms with E-state index in [-0.39, 0.29) is 12.3 Å². The molecule has 13 heteroatoms. The van der Waals surface area contributed by atoms with E-state index in [0.717, 1.165) is 12.0 Å². The molecule has 2 fully saturated rings. The number of methoxy groups -OCH3 is 1. The van der Waals surface area contributed by atoms with Crippen LogP contribution in [0.1, 0.15) is 40.0 Å². The maximum Gasteiger partial charge on any atom is 0.407 e. The van der Waals surface area contributed by atoms with Crippen LogP contribution in [0.25, 0.3) is 0 Å². The van der Waals surface area contributed by atoms with Crippen LogP contribution < -0.4 is 16.0 Å². The van der Waals surface area contributed by atoms with Crippen LogP contribution in [0.5, 0.6) is 0 Å². The number of carbonyl (C=O) groups excluding carboxylic acids is 4. The summed E-state index contributed by atoms with van der Waals surface area (Å²) in [7, 11) is 1.08. The number of hydrogen-bond acceptors (Lipinski definition) is 6. The minimum Gasteiger partial charge on any atom is -0.453 e. The summed E-state index contributed by atoms with van der Waals surface area (Å²) >= 11 is 0. The SMILES string of the molecule is COC(=O)NC(C(=O)N1C[C@H](C(F)(F)F)C[C@H]1C(=O)NC(C#N)C[C@@H]1CCNC1=O)C(C)(C)C. The van der Waals surface area contributed by atoms with Crippen molar-refractivity contribution in [1.82, 2.24) is 20.9 Å². The van der Waals surface area contributed by atoms with Gasteiger partial charge in [-0.3, -0.25) is 14.4 Å². The van der Waals surface area contributed by atoms with E-state index < -0.39 is 72.4 Å². The van der Waals surface area contributed by atoms with E-state index in [9.17, 15) is 37.6 Å². The summed E-state index contributed by atoms with van der Waals surface area (Å²) in [6, 6.07) is -2.03. The molecule has 0 aromatic heterocycles. The smallest absolute Gasteiger partial charge is 0.407 e. The van der Waals surface area contributed by atoms with Crippen LogP contribution in [-0.2, 0) is 19.1 Å². The summed E-state index contributed by atoms with van der Waals surface area (Å²) in [5, 5.41) is 16.8. The van der Waals surface area contributed by atoms with Gasteiger partial charge in [0.2, 0.25) is 17.7 Å². The minimum atomic E-state index is -4.66. The molecule has 2 saturated heterocycles. The van der Waals surface area contributed by atoms with Crippen molar-refractivity contribution in [2.45, 2.75) is 64.3 Å². The number of alkyl carbamates (subject to hydrolysis) is 1. The van der Waals surface area contributed by atoms with Gasteiger partial charge in [0.05, 0.1) is 19.1 Å². The molecule has 2 heterocycles. The number of carbonyl (C=O) groups is 4. The molecule has 2 rings (SSSR count). The summed E-state index contributed by atoms with van der Waals surface area (Å²) < 4.78 is 45.1. The van der Waals surface area contributed by atoms with Gasteiger partial charge in [-0.25, -0.2) is 4.79 Å². The first kappa shape index (κ1) is 27.2. The molecule has 34 heavy (non-hydrogen) atoms. The second kappa shape index (κ2) is 10.5. The zero-order valence-corrected chi connectivity index (χ0v) is 19.5.